The Morgan fingerprint density at radius 1 is 1.17 bits per heavy atom. The lowest BCUT2D eigenvalue weighted by Gasteiger charge is -2.40. The summed E-state index contributed by atoms with van der Waals surface area (Å²) in [4.78, 5) is 21.6. The molecule has 2 fully saturated rings. The van der Waals surface area contributed by atoms with Crippen LogP contribution in [0.5, 0.6) is 0 Å². The van der Waals surface area contributed by atoms with Gasteiger partial charge in [-0.3, -0.25) is 14.6 Å². The molecule has 0 aromatic carbocycles. The first-order valence-electron chi connectivity index (χ1n) is 9.37. The Balaban J connectivity index is 1.91. The van der Waals surface area contributed by atoms with Gasteiger partial charge in [-0.15, -0.1) is 0 Å². The number of fused-ring (bicyclic) bond motifs is 1. The molecule has 24 heavy (non-hydrogen) atoms. The molecule has 6 heteroatoms. The highest BCUT2D eigenvalue weighted by atomic mass is 16.5. The fourth-order valence-corrected chi connectivity index (χ4v) is 3.51. The van der Waals surface area contributed by atoms with E-state index in [0.29, 0.717) is 18.6 Å². The monoisotopic (exact) mass is 340 g/mol. The standard InChI is InChI=1S/C18H36N4O2/c1-15(2)20(5)14-18(23)22-8-6-16-17(7-9-22)24-13-12-21(16)11-10-19(3)4/h15-17H,6-14H2,1-5H3. The SMILES string of the molecule is CC(C)N(C)CC(=O)N1CCC2OCCN(CCN(C)C)C2CC1. The number of hydrogen-bond donors (Lipinski definition) is 0. The van der Waals surface area contributed by atoms with Gasteiger partial charge in [0.15, 0.2) is 0 Å². The fraction of sp³-hybridized carbons (Fsp3) is 0.944. The molecule has 0 saturated carbocycles. The lowest BCUT2D eigenvalue weighted by atomic mass is 10.0. The Bertz CT molecular complexity index is 402. The molecular weight excluding hydrogens is 304 g/mol. The molecule has 6 nitrogen and oxygen atoms in total. The van der Waals surface area contributed by atoms with Crippen molar-refractivity contribution in [2.24, 2.45) is 0 Å². The van der Waals surface area contributed by atoms with Crippen molar-refractivity contribution >= 4 is 5.91 Å². The van der Waals surface area contributed by atoms with Crippen LogP contribution in [0.3, 0.4) is 0 Å². The third-order valence-electron chi connectivity index (χ3n) is 5.44. The zero-order valence-electron chi connectivity index (χ0n) is 16.2. The molecule has 2 atom stereocenters. The smallest absolute Gasteiger partial charge is 0.236 e. The summed E-state index contributed by atoms with van der Waals surface area (Å²) in [5.74, 6) is 0.254. The molecule has 2 unspecified atom stereocenters. The van der Waals surface area contributed by atoms with Gasteiger partial charge < -0.3 is 14.5 Å². The van der Waals surface area contributed by atoms with Crippen LogP contribution >= 0.6 is 0 Å². The Morgan fingerprint density at radius 2 is 1.88 bits per heavy atom. The van der Waals surface area contributed by atoms with E-state index in [0.717, 1.165) is 52.2 Å². The zero-order chi connectivity index (χ0) is 17.7. The van der Waals surface area contributed by atoms with Crippen molar-refractivity contribution in [2.45, 2.75) is 44.9 Å². The van der Waals surface area contributed by atoms with Gasteiger partial charge in [0, 0.05) is 44.8 Å². The van der Waals surface area contributed by atoms with E-state index in [1.54, 1.807) is 0 Å². The summed E-state index contributed by atoms with van der Waals surface area (Å²) in [7, 11) is 6.26. The lowest BCUT2D eigenvalue weighted by molar-refractivity contribution is -0.132. The van der Waals surface area contributed by atoms with Crippen LogP contribution in [0.15, 0.2) is 0 Å². The van der Waals surface area contributed by atoms with Crippen LogP contribution in [0.1, 0.15) is 26.7 Å². The number of morpholine rings is 1. The highest BCUT2D eigenvalue weighted by Crippen LogP contribution is 2.23. The molecule has 0 radical (unpaired) electrons. The first-order chi connectivity index (χ1) is 11.4. The molecule has 2 saturated heterocycles. The zero-order valence-corrected chi connectivity index (χ0v) is 16.2. The molecule has 2 rings (SSSR count). The minimum atomic E-state index is 0.254. The molecule has 0 aromatic rings. The number of likely N-dealkylation sites (N-methyl/N-ethyl adjacent to an activating group) is 2. The minimum absolute atomic E-state index is 0.254. The molecular formula is C18H36N4O2. The predicted molar refractivity (Wildman–Crippen MR) is 97.2 cm³/mol. The average Bonchev–Trinajstić information content (AvgIpc) is 2.75. The largest absolute Gasteiger partial charge is 0.375 e. The number of amides is 1. The predicted octanol–water partition coefficient (Wildman–Crippen LogP) is 0.580. The summed E-state index contributed by atoms with van der Waals surface area (Å²) in [6, 6.07) is 0.854. The highest BCUT2D eigenvalue weighted by molar-refractivity contribution is 5.78. The number of nitrogens with zero attached hydrogens (tertiary/aromatic N) is 4. The van der Waals surface area contributed by atoms with E-state index in [-0.39, 0.29) is 12.0 Å². The van der Waals surface area contributed by atoms with E-state index in [9.17, 15) is 4.79 Å². The summed E-state index contributed by atoms with van der Waals surface area (Å²) in [6.07, 6.45) is 2.26. The molecule has 2 heterocycles. The first-order valence-corrected chi connectivity index (χ1v) is 9.37. The molecule has 0 N–H and O–H groups in total. The molecule has 1 amide bonds. The topological polar surface area (TPSA) is 39.3 Å². The minimum Gasteiger partial charge on any atom is -0.375 e. The molecule has 0 bridgehead atoms. The van der Waals surface area contributed by atoms with Gasteiger partial charge in [0.2, 0.25) is 5.91 Å². The number of ether oxygens (including phenoxy) is 1. The van der Waals surface area contributed by atoms with Crippen LogP contribution in [0, 0.1) is 0 Å². The summed E-state index contributed by atoms with van der Waals surface area (Å²) in [5.41, 5.74) is 0. The van der Waals surface area contributed by atoms with E-state index in [1.165, 1.54) is 0 Å². The average molecular weight is 341 g/mol. The number of carbonyl (C=O) groups excluding carboxylic acids is 1. The summed E-state index contributed by atoms with van der Waals surface area (Å²) >= 11 is 0. The van der Waals surface area contributed by atoms with Gasteiger partial charge in [0.25, 0.3) is 0 Å². The van der Waals surface area contributed by atoms with E-state index in [2.05, 4.69) is 42.6 Å². The second-order valence-electron chi connectivity index (χ2n) is 7.78. The summed E-state index contributed by atoms with van der Waals surface area (Å²) < 4.78 is 6.04. The second-order valence-corrected chi connectivity index (χ2v) is 7.78. The lowest BCUT2D eigenvalue weighted by Crippen LogP contribution is -2.52. The van der Waals surface area contributed by atoms with E-state index < -0.39 is 0 Å². The Kier molecular flexibility index (Phi) is 7.47. The maximum atomic E-state index is 12.6. The Labute approximate surface area is 147 Å². The van der Waals surface area contributed by atoms with Crippen LogP contribution in [-0.4, -0.2) is 111 Å². The highest BCUT2D eigenvalue weighted by Gasteiger charge is 2.35. The van der Waals surface area contributed by atoms with Crippen molar-refractivity contribution in [1.29, 1.82) is 0 Å². The van der Waals surface area contributed by atoms with Gasteiger partial charge in [-0.2, -0.15) is 0 Å². The normalized spacial score (nSPS) is 26.1. The quantitative estimate of drug-likeness (QED) is 0.707. The Morgan fingerprint density at radius 3 is 2.54 bits per heavy atom. The van der Waals surface area contributed by atoms with Gasteiger partial charge in [-0.05, 0) is 47.8 Å². The molecule has 2 aliphatic heterocycles. The van der Waals surface area contributed by atoms with Crippen molar-refractivity contribution in [1.82, 2.24) is 19.6 Å². The molecule has 0 spiro atoms. The number of rotatable bonds is 6. The second kappa shape index (κ2) is 9.13. The number of likely N-dealkylation sites (tertiary alicyclic amines) is 1. The van der Waals surface area contributed by atoms with Crippen molar-refractivity contribution < 1.29 is 9.53 Å². The fourth-order valence-electron chi connectivity index (χ4n) is 3.51. The summed E-state index contributed by atoms with van der Waals surface area (Å²) in [6.45, 7) is 10.4. The maximum Gasteiger partial charge on any atom is 0.236 e. The molecule has 0 aromatic heterocycles. The van der Waals surface area contributed by atoms with Gasteiger partial charge in [-0.1, -0.05) is 0 Å². The van der Waals surface area contributed by atoms with Gasteiger partial charge >= 0.3 is 0 Å². The third kappa shape index (κ3) is 5.41. The van der Waals surface area contributed by atoms with E-state index in [1.807, 2.05) is 11.9 Å². The van der Waals surface area contributed by atoms with Crippen LogP contribution in [-0.2, 0) is 9.53 Å². The van der Waals surface area contributed by atoms with E-state index >= 15 is 0 Å². The van der Waals surface area contributed by atoms with Crippen LogP contribution in [0.4, 0.5) is 0 Å². The van der Waals surface area contributed by atoms with Gasteiger partial charge in [-0.25, -0.2) is 0 Å². The van der Waals surface area contributed by atoms with Crippen molar-refractivity contribution in [3.8, 4) is 0 Å². The van der Waals surface area contributed by atoms with Crippen LogP contribution in [0.25, 0.3) is 0 Å². The van der Waals surface area contributed by atoms with Gasteiger partial charge in [0.1, 0.15) is 0 Å². The third-order valence-corrected chi connectivity index (χ3v) is 5.44. The van der Waals surface area contributed by atoms with Gasteiger partial charge in [0.05, 0.1) is 19.3 Å². The van der Waals surface area contributed by atoms with Crippen molar-refractivity contribution in [3.05, 3.63) is 0 Å². The van der Waals surface area contributed by atoms with Crippen LogP contribution < -0.4 is 0 Å². The van der Waals surface area contributed by atoms with E-state index in [4.69, 9.17) is 4.74 Å². The number of hydrogen-bond acceptors (Lipinski definition) is 5. The Hall–Kier alpha value is -0.690. The molecule has 0 aliphatic carbocycles. The van der Waals surface area contributed by atoms with Crippen molar-refractivity contribution in [2.75, 3.05) is 67.0 Å². The van der Waals surface area contributed by atoms with Crippen LogP contribution in [0.2, 0.25) is 0 Å². The molecule has 140 valence electrons. The summed E-state index contributed by atoms with van der Waals surface area (Å²) in [5, 5.41) is 0. The van der Waals surface area contributed by atoms with Crippen molar-refractivity contribution in [3.63, 3.8) is 0 Å². The number of carbonyl (C=O) groups is 1. The first kappa shape index (κ1) is 19.6. The maximum absolute atomic E-state index is 12.6. The molecule has 2 aliphatic rings.